The van der Waals surface area contributed by atoms with E-state index < -0.39 is 0 Å². The maximum absolute atomic E-state index is 11.6. The molecule has 2 amide bonds. The number of amides is 2. The van der Waals surface area contributed by atoms with Gasteiger partial charge in [0.15, 0.2) is 0 Å². The third kappa shape index (κ3) is 4.60. The molecule has 1 atom stereocenters. The molecule has 1 aromatic heterocycles. The van der Waals surface area contributed by atoms with Gasteiger partial charge in [0.2, 0.25) is 0 Å². The summed E-state index contributed by atoms with van der Waals surface area (Å²) in [4.78, 5) is 11.6. The van der Waals surface area contributed by atoms with Crippen LogP contribution in [0, 0.1) is 12.8 Å². The van der Waals surface area contributed by atoms with Crippen molar-refractivity contribution in [3.63, 3.8) is 0 Å². The number of carbonyl (C=O) groups is 1. The summed E-state index contributed by atoms with van der Waals surface area (Å²) in [6.07, 6.45) is 3.85. The number of aromatic nitrogens is 2. The van der Waals surface area contributed by atoms with Gasteiger partial charge < -0.3 is 10.6 Å². The fourth-order valence-corrected chi connectivity index (χ4v) is 2.25. The van der Waals surface area contributed by atoms with E-state index in [1.54, 1.807) is 22.6 Å². The largest absolute Gasteiger partial charge is 0.338 e. The zero-order chi connectivity index (χ0) is 13.5. The van der Waals surface area contributed by atoms with Gasteiger partial charge in [-0.25, -0.2) is 4.79 Å². The highest BCUT2D eigenvalue weighted by Gasteiger charge is 2.07. The van der Waals surface area contributed by atoms with Gasteiger partial charge in [-0.3, -0.25) is 4.68 Å². The van der Waals surface area contributed by atoms with Gasteiger partial charge >= 0.3 is 6.03 Å². The molecule has 0 aliphatic rings. The van der Waals surface area contributed by atoms with Gasteiger partial charge in [-0.2, -0.15) is 16.9 Å². The second kappa shape index (κ2) is 7.31. The Bertz CT molecular complexity index is 391. The van der Waals surface area contributed by atoms with Crippen molar-refractivity contribution in [2.24, 2.45) is 13.0 Å². The Balaban J connectivity index is 2.27. The molecule has 0 saturated heterocycles. The highest BCUT2D eigenvalue weighted by Crippen LogP contribution is 2.05. The van der Waals surface area contributed by atoms with Crippen molar-refractivity contribution < 1.29 is 4.79 Å². The first-order valence-electron chi connectivity index (χ1n) is 6.02. The topological polar surface area (TPSA) is 59.0 Å². The highest BCUT2D eigenvalue weighted by molar-refractivity contribution is 7.98. The minimum absolute atomic E-state index is 0.119. The van der Waals surface area contributed by atoms with Crippen molar-refractivity contribution in [2.75, 3.05) is 18.6 Å². The lowest BCUT2D eigenvalue weighted by molar-refractivity contribution is 0.239. The summed E-state index contributed by atoms with van der Waals surface area (Å²) in [5.74, 6) is 1.55. The molecule has 0 aliphatic heterocycles. The van der Waals surface area contributed by atoms with Crippen molar-refractivity contribution >= 4 is 17.8 Å². The SMILES string of the molecule is CSCC(C)CNC(=O)NCc1cnn(C)c1C. The Hall–Kier alpha value is -1.17. The smallest absolute Gasteiger partial charge is 0.315 e. The van der Waals surface area contributed by atoms with E-state index in [-0.39, 0.29) is 6.03 Å². The first-order valence-corrected chi connectivity index (χ1v) is 7.42. The number of carbonyl (C=O) groups excluding carboxylic acids is 1. The lowest BCUT2D eigenvalue weighted by Gasteiger charge is -2.12. The zero-order valence-electron chi connectivity index (χ0n) is 11.5. The Morgan fingerprint density at radius 1 is 1.56 bits per heavy atom. The summed E-state index contributed by atoms with van der Waals surface area (Å²) in [7, 11) is 1.89. The van der Waals surface area contributed by atoms with Gasteiger partial charge in [-0.05, 0) is 24.9 Å². The van der Waals surface area contributed by atoms with Crippen LogP contribution < -0.4 is 10.6 Å². The maximum atomic E-state index is 11.6. The number of nitrogens with one attached hydrogen (secondary N) is 2. The molecule has 0 radical (unpaired) electrons. The van der Waals surface area contributed by atoms with E-state index >= 15 is 0 Å². The molecular weight excluding hydrogens is 248 g/mol. The monoisotopic (exact) mass is 270 g/mol. The Kier molecular flexibility index (Phi) is 6.04. The van der Waals surface area contributed by atoms with Crippen LogP contribution in [0.1, 0.15) is 18.2 Å². The van der Waals surface area contributed by atoms with Crippen LogP contribution in [0.4, 0.5) is 4.79 Å². The van der Waals surface area contributed by atoms with Crippen LogP contribution in [0.3, 0.4) is 0 Å². The maximum Gasteiger partial charge on any atom is 0.315 e. The molecule has 1 unspecified atom stereocenters. The molecule has 1 rings (SSSR count). The predicted octanol–water partition coefficient (Wildman–Crippen LogP) is 1.53. The summed E-state index contributed by atoms with van der Waals surface area (Å²) in [5, 5.41) is 9.85. The van der Waals surface area contributed by atoms with Crippen LogP contribution in [0.25, 0.3) is 0 Å². The number of aryl methyl sites for hydroxylation is 1. The van der Waals surface area contributed by atoms with Crippen LogP contribution in [0.2, 0.25) is 0 Å². The van der Waals surface area contributed by atoms with Crippen molar-refractivity contribution in [3.8, 4) is 0 Å². The standard InChI is InChI=1S/C12H22N4OS/c1-9(8-18-4)5-13-12(17)14-6-11-7-15-16(3)10(11)2/h7,9H,5-6,8H2,1-4H3,(H2,13,14,17). The molecule has 1 heterocycles. The number of rotatable bonds is 6. The summed E-state index contributed by atoms with van der Waals surface area (Å²) < 4.78 is 1.80. The fourth-order valence-electron chi connectivity index (χ4n) is 1.57. The molecule has 18 heavy (non-hydrogen) atoms. The van der Waals surface area contributed by atoms with E-state index in [0.717, 1.165) is 17.0 Å². The van der Waals surface area contributed by atoms with E-state index in [9.17, 15) is 4.79 Å². The number of nitrogens with zero attached hydrogens (tertiary/aromatic N) is 2. The van der Waals surface area contributed by atoms with Crippen molar-refractivity contribution in [3.05, 3.63) is 17.5 Å². The molecule has 0 bridgehead atoms. The van der Waals surface area contributed by atoms with E-state index in [0.29, 0.717) is 19.0 Å². The lowest BCUT2D eigenvalue weighted by atomic mass is 10.2. The summed E-state index contributed by atoms with van der Waals surface area (Å²) in [5.41, 5.74) is 2.12. The first kappa shape index (κ1) is 14.9. The normalized spacial score (nSPS) is 12.2. The summed E-state index contributed by atoms with van der Waals surface area (Å²) in [6.45, 7) is 5.34. The summed E-state index contributed by atoms with van der Waals surface area (Å²) in [6, 6.07) is -0.119. The van der Waals surface area contributed by atoms with Crippen LogP contribution in [0.5, 0.6) is 0 Å². The molecule has 6 heteroatoms. The number of hydrogen-bond donors (Lipinski definition) is 2. The van der Waals surface area contributed by atoms with Crippen molar-refractivity contribution in [2.45, 2.75) is 20.4 Å². The van der Waals surface area contributed by atoms with E-state index in [1.165, 1.54) is 0 Å². The predicted molar refractivity (Wildman–Crippen MR) is 75.7 cm³/mol. The van der Waals surface area contributed by atoms with Crippen molar-refractivity contribution in [1.29, 1.82) is 0 Å². The quantitative estimate of drug-likeness (QED) is 0.824. The molecule has 5 nitrogen and oxygen atoms in total. The highest BCUT2D eigenvalue weighted by atomic mass is 32.2. The lowest BCUT2D eigenvalue weighted by Crippen LogP contribution is -2.37. The van der Waals surface area contributed by atoms with E-state index in [1.807, 2.05) is 14.0 Å². The third-order valence-corrected chi connectivity index (χ3v) is 3.74. The Morgan fingerprint density at radius 3 is 2.83 bits per heavy atom. The molecule has 0 saturated carbocycles. The minimum Gasteiger partial charge on any atom is -0.338 e. The van der Waals surface area contributed by atoms with Crippen molar-refractivity contribution in [1.82, 2.24) is 20.4 Å². The average Bonchev–Trinajstić information content (AvgIpc) is 2.65. The van der Waals surface area contributed by atoms with Gasteiger partial charge in [0.1, 0.15) is 0 Å². The van der Waals surface area contributed by atoms with E-state index in [4.69, 9.17) is 0 Å². The fraction of sp³-hybridized carbons (Fsp3) is 0.667. The first-order chi connectivity index (χ1) is 8.54. The average molecular weight is 270 g/mol. The number of hydrogen-bond acceptors (Lipinski definition) is 3. The van der Waals surface area contributed by atoms with Gasteiger partial charge in [0, 0.05) is 31.4 Å². The molecule has 102 valence electrons. The molecule has 1 aromatic rings. The van der Waals surface area contributed by atoms with Gasteiger partial charge in [0.05, 0.1) is 6.20 Å². The van der Waals surface area contributed by atoms with Gasteiger partial charge in [-0.1, -0.05) is 6.92 Å². The van der Waals surface area contributed by atoms with Crippen LogP contribution in [-0.4, -0.2) is 34.4 Å². The second-order valence-electron chi connectivity index (χ2n) is 4.50. The van der Waals surface area contributed by atoms with Crippen LogP contribution in [-0.2, 0) is 13.6 Å². The number of thioether (sulfide) groups is 1. The minimum atomic E-state index is -0.119. The van der Waals surface area contributed by atoms with Gasteiger partial charge in [0.25, 0.3) is 0 Å². The summed E-state index contributed by atoms with van der Waals surface area (Å²) >= 11 is 1.79. The molecule has 0 aromatic carbocycles. The van der Waals surface area contributed by atoms with Crippen LogP contribution >= 0.6 is 11.8 Å². The Labute approximate surface area is 113 Å². The number of urea groups is 1. The Morgan fingerprint density at radius 2 is 2.28 bits per heavy atom. The molecule has 0 aliphatic carbocycles. The third-order valence-electron chi connectivity index (χ3n) is 2.84. The molecular formula is C12H22N4OS. The molecule has 0 spiro atoms. The van der Waals surface area contributed by atoms with E-state index in [2.05, 4.69) is 28.9 Å². The zero-order valence-corrected chi connectivity index (χ0v) is 12.3. The van der Waals surface area contributed by atoms with Gasteiger partial charge in [-0.15, -0.1) is 0 Å². The molecule has 0 fully saturated rings. The second-order valence-corrected chi connectivity index (χ2v) is 5.41. The molecule has 2 N–H and O–H groups in total. The van der Waals surface area contributed by atoms with Crippen LogP contribution in [0.15, 0.2) is 6.20 Å².